The van der Waals surface area contributed by atoms with Crippen molar-refractivity contribution in [1.82, 2.24) is 0 Å². The molecule has 1 atom stereocenters. The number of benzene rings is 2. The van der Waals surface area contributed by atoms with Crippen LogP contribution in [-0.4, -0.2) is 6.54 Å². The van der Waals surface area contributed by atoms with Gasteiger partial charge < -0.3 is 5.73 Å². The van der Waals surface area contributed by atoms with Crippen LogP contribution in [-0.2, 0) is 12.8 Å². The third-order valence-electron chi connectivity index (χ3n) is 3.19. The van der Waals surface area contributed by atoms with Crippen LogP contribution in [0.1, 0.15) is 11.1 Å². The van der Waals surface area contributed by atoms with Crippen LogP contribution in [0.4, 0.5) is 8.78 Å². The largest absolute Gasteiger partial charge is 0.330 e. The molecule has 0 aliphatic carbocycles. The van der Waals surface area contributed by atoms with E-state index in [1.807, 2.05) is 24.3 Å². The SMILES string of the molecule is NCC(Cc1cc(F)cc(F)c1)Cc1cccc(Cl)c1. The van der Waals surface area contributed by atoms with E-state index in [0.717, 1.165) is 18.1 Å². The number of halogens is 3. The average Bonchev–Trinajstić information content (AvgIpc) is 2.36. The smallest absolute Gasteiger partial charge is 0.126 e. The molecule has 20 heavy (non-hydrogen) atoms. The Hall–Kier alpha value is -1.45. The molecule has 2 rings (SSSR count). The van der Waals surface area contributed by atoms with Crippen LogP contribution in [0.15, 0.2) is 42.5 Å². The first-order valence-corrected chi connectivity index (χ1v) is 6.84. The maximum atomic E-state index is 13.2. The Labute approximate surface area is 122 Å². The van der Waals surface area contributed by atoms with E-state index in [-0.39, 0.29) is 5.92 Å². The van der Waals surface area contributed by atoms with Gasteiger partial charge in [-0.2, -0.15) is 0 Å². The standard InChI is InChI=1S/C16H16ClF2N/c17-14-3-1-2-11(6-14)4-13(10-20)5-12-7-15(18)9-16(19)8-12/h1-3,6-9,13H,4-5,10,20H2. The van der Waals surface area contributed by atoms with Crippen LogP contribution < -0.4 is 5.73 Å². The van der Waals surface area contributed by atoms with E-state index < -0.39 is 11.6 Å². The van der Waals surface area contributed by atoms with Crippen molar-refractivity contribution >= 4 is 11.6 Å². The molecule has 0 fully saturated rings. The van der Waals surface area contributed by atoms with Crippen LogP contribution in [0.3, 0.4) is 0 Å². The predicted molar refractivity (Wildman–Crippen MR) is 77.8 cm³/mol. The van der Waals surface area contributed by atoms with Gasteiger partial charge in [0.15, 0.2) is 0 Å². The topological polar surface area (TPSA) is 26.0 Å². The summed E-state index contributed by atoms with van der Waals surface area (Å²) < 4.78 is 26.3. The molecule has 2 aromatic carbocycles. The molecular weight excluding hydrogens is 280 g/mol. The second kappa shape index (κ2) is 6.82. The minimum Gasteiger partial charge on any atom is -0.330 e. The van der Waals surface area contributed by atoms with Gasteiger partial charge in [0.05, 0.1) is 0 Å². The van der Waals surface area contributed by atoms with Crippen LogP contribution in [0.5, 0.6) is 0 Å². The fourth-order valence-electron chi connectivity index (χ4n) is 2.30. The molecule has 0 aliphatic heterocycles. The van der Waals surface area contributed by atoms with Gasteiger partial charge in [-0.15, -0.1) is 0 Å². The normalized spacial score (nSPS) is 12.4. The summed E-state index contributed by atoms with van der Waals surface area (Å²) in [4.78, 5) is 0. The Kier molecular flexibility index (Phi) is 5.10. The third-order valence-corrected chi connectivity index (χ3v) is 3.43. The molecule has 0 radical (unpaired) electrons. The van der Waals surface area contributed by atoms with Crippen LogP contribution >= 0.6 is 11.6 Å². The summed E-state index contributed by atoms with van der Waals surface area (Å²) in [6, 6.07) is 11.1. The van der Waals surface area contributed by atoms with Gasteiger partial charge in [0.2, 0.25) is 0 Å². The van der Waals surface area contributed by atoms with E-state index in [9.17, 15) is 8.78 Å². The lowest BCUT2D eigenvalue weighted by molar-refractivity contribution is 0.524. The molecule has 0 saturated heterocycles. The zero-order valence-corrected chi connectivity index (χ0v) is 11.7. The first-order valence-electron chi connectivity index (χ1n) is 6.46. The van der Waals surface area contributed by atoms with Crippen molar-refractivity contribution in [1.29, 1.82) is 0 Å². The van der Waals surface area contributed by atoms with Crippen molar-refractivity contribution in [2.24, 2.45) is 11.7 Å². The fraction of sp³-hybridized carbons (Fsp3) is 0.250. The first kappa shape index (κ1) is 14.9. The van der Waals surface area contributed by atoms with Gasteiger partial charge in [-0.05, 0) is 60.7 Å². The lowest BCUT2D eigenvalue weighted by Crippen LogP contribution is -2.19. The lowest BCUT2D eigenvalue weighted by atomic mass is 9.92. The van der Waals surface area contributed by atoms with E-state index in [2.05, 4.69) is 0 Å². The van der Waals surface area contributed by atoms with Gasteiger partial charge in [-0.1, -0.05) is 23.7 Å². The van der Waals surface area contributed by atoms with Crippen molar-refractivity contribution in [3.63, 3.8) is 0 Å². The first-order chi connectivity index (χ1) is 9.56. The minimum absolute atomic E-state index is 0.120. The van der Waals surface area contributed by atoms with Crippen LogP contribution in [0, 0.1) is 17.6 Å². The summed E-state index contributed by atoms with van der Waals surface area (Å²) in [5, 5.41) is 0.676. The Bertz CT molecular complexity index is 566. The molecule has 2 aromatic rings. The Balaban J connectivity index is 2.09. The quantitative estimate of drug-likeness (QED) is 0.887. The van der Waals surface area contributed by atoms with E-state index >= 15 is 0 Å². The number of hydrogen-bond donors (Lipinski definition) is 1. The number of nitrogens with two attached hydrogens (primary N) is 1. The van der Waals surface area contributed by atoms with Crippen molar-refractivity contribution in [3.8, 4) is 0 Å². The van der Waals surface area contributed by atoms with Gasteiger partial charge in [0, 0.05) is 11.1 Å². The maximum absolute atomic E-state index is 13.2. The highest BCUT2D eigenvalue weighted by Crippen LogP contribution is 2.18. The third kappa shape index (κ3) is 4.29. The maximum Gasteiger partial charge on any atom is 0.126 e. The highest BCUT2D eigenvalue weighted by molar-refractivity contribution is 6.30. The summed E-state index contributed by atoms with van der Waals surface area (Å²) in [5.41, 5.74) is 7.46. The molecule has 0 aliphatic rings. The number of hydrogen-bond acceptors (Lipinski definition) is 1. The monoisotopic (exact) mass is 295 g/mol. The molecule has 1 unspecified atom stereocenters. The summed E-state index contributed by atoms with van der Waals surface area (Å²) in [6.07, 6.45) is 1.27. The summed E-state index contributed by atoms with van der Waals surface area (Å²) >= 11 is 5.94. The molecule has 1 nitrogen and oxygen atoms in total. The average molecular weight is 296 g/mol. The molecule has 2 N–H and O–H groups in total. The van der Waals surface area contributed by atoms with Gasteiger partial charge in [-0.25, -0.2) is 8.78 Å². The summed E-state index contributed by atoms with van der Waals surface area (Å²) in [7, 11) is 0. The second-order valence-corrected chi connectivity index (χ2v) is 5.35. The molecule has 0 aromatic heterocycles. The van der Waals surface area contributed by atoms with Crippen molar-refractivity contribution in [2.45, 2.75) is 12.8 Å². The van der Waals surface area contributed by atoms with Gasteiger partial charge in [-0.3, -0.25) is 0 Å². The van der Waals surface area contributed by atoms with Gasteiger partial charge in [0.25, 0.3) is 0 Å². The second-order valence-electron chi connectivity index (χ2n) is 4.92. The Morgan fingerprint density at radius 1 is 0.950 bits per heavy atom. The van der Waals surface area contributed by atoms with Crippen LogP contribution in [0.2, 0.25) is 5.02 Å². The van der Waals surface area contributed by atoms with Gasteiger partial charge >= 0.3 is 0 Å². The van der Waals surface area contributed by atoms with Crippen molar-refractivity contribution < 1.29 is 8.78 Å². The summed E-state index contributed by atoms with van der Waals surface area (Å²) in [5.74, 6) is -0.994. The highest BCUT2D eigenvalue weighted by atomic mass is 35.5. The molecule has 0 amide bonds. The highest BCUT2D eigenvalue weighted by Gasteiger charge is 2.11. The van der Waals surface area contributed by atoms with Crippen molar-refractivity contribution in [2.75, 3.05) is 6.54 Å². The Morgan fingerprint density at radius 2 is 1.60 bits per heavy atom. The van der Waals surface area contributed by atoms with Crippen LogP contribution in [0.25, 0.3) is 0 Å². The predicted octanol–water partition coefficient (Wildman–Crippen LogP) is 3.98. The van der Waals surface area contributed by atoms with Gasteiger partial charge in [0.1, 0.15) is 11.6 Å². The lowest BCUT2D eigenvalue weighted by Gasteiger charge is -2.15. The van der Waals surface area contributed by atoms with E-state index in [1.165, 1.54) is 12.1 Å². The van der Waals surface area contributed by atoms with Crippen molar-refractivity contribution in [3.05, 3.63) is 70.2 Å². The molecule has 0 heterocycles. The molecule has 106 valence electrons. The zero-order chi connectivity index (χ0) is 14.5. The summed E-state index contributed by atoms with van der Waals surface area (Å²) in [6.45, 7) is 0.449. The molecule has 0 spiro atoms. The molecule has 0 saturated carbocycles. The zero-order valence-electron chi connectivity index (χ0n) is 11.0. The number of rotatable bonds is 5. The Morgan fingerprint density at radius 3 is 2.20 bits per heavy atom. The molecular formula is C16H16ClF2N. The van der Waals surface area contributed by atoms with E-state index in [4.69, 9.17) is 17.3 Å². The van der Waals surface area contributed by atoms with E-state index in [1.54, 1.807) is 0 Å². The molecule has 4 heteroatoms. The minimum atomic E-state index is -0.557. The van der Waals surface area contributed by atoms with E-state index in [0.29, 0.717) is 23.6 Å². The fourth-order valence-corrected chi connectivity index (χ4v) is 2.51. The molecule has 0 bridgehead atoms.